The van der Waals surface area contributed by atoms with Gasteiger partial charge in [0.15, 0.2) is 17.2 Å². The molecule has 3 fully saturated rings. The molecule has 0 bridgehead atoms. The molecule has 0 saturated carbocycles. The molecule has 0 aromatic heterocycles. The van der Waals surface area contributed by atoms with Crippen molar-refractivity contribution in [3.05, 3.63) is 36.2 Å². The monoisotopic (exact) mass is 709 g/mol. The van der Waals surface area contributed by atoms with Crippen molar-refractivity contribution < 1.29 is 52.4 Å². The van der Waals surface area contributed by atoms with Gasteiger partial charge < -0.3 is 45.3 Å². The Morgan fingerprint density at radius 3 is 2.57 bits per heavy atom. The lowest BCUT2D eigenvalue weighted by atomic mass is 9.85. The van der Waals surface area contributed by atoms with Gasteiger partial charge in [0.2, 0.25) is 27.4 Å². The van der Waals surface area contributed by atoms with Crippen molar-refractivity contribution in [1.29, 1.82) is 0 Å². The molecule has 4 amide bonds. The van der Waals surface area contributed by atoms with E-state index in [1.54, 1.807) is 0 Å². The van der Waals surface area contributed by atoms with Crippen LogP contribution in [0.15, 0.2) is 35.6 Å². The van der Waals surface area contributed by atoms with Crippen molar-refractivity contribution >= 4 is 64.6 Å². The van der Waals surface area contributed by atoms with Crippen LogP contribution in [0.2, 0.25) is 0 Å². The van der Waals surface area contributed by atoms with Gasteiger partial charge in [0.25, 0.3) is 5.91 Å². The van der Waals surface area contributed by atoms with Gasteiger partial charge in [-0.2, -0.15) is 0 Å². The second-order valence-corrected chi connectivity index (χ2v) is 13.4. The minimum Gasteiger partial charge on any atom is -0.445 e. The average Bonchev–Trinajstić information content (AvgIpc) is 3.64. The molecule has 4 atom stereocenters. The summed E-state index contributed by atoms with van der Waals surface area (Å²) in [6, 6.07) is -0.357. The molecular formula is C25H24Cl3F2N7O9. The Labute approximate surface area is 272 Å². The Morgan fingerprint density at radius 2 is 1.89 bits per heavy atom. The first-order valence-corrected chi connectivity index (χ1v) is 14.6. The molecule has 5 heterocycles. The van der Waals surface area contributed by atoms with E-state index in [4.69, 9.17) is 39.5 Å². The fourth-order valence-corrected chi connectivity index (χ4v) is 6.27. The molecule has 3 unspecified atom stereocenters. The largest absolute Gasteiger partial charge is 0.586 e. The summed E-state index contributed by atoms with van der Waals surface area (Å²) < 4.78 is 39.4. The van der Waals surface area contributed by atoms with Gasteiger partial charge in [-0.15, -0.1) is 8.78 Å². The van der Waals surface area contributed by atoms with Crippen LogP contribution in [-0.2, 0) is 14.3 Å². The minimum absolute atomic E-state index is 0.0357. The van der Waals surface area contributed by atoms with Gasteiger partial charge in [-0.1, -0.05) is 47.4 Å². The second-order valence-electron chi connectivity index (χ2n) is 10.9. The predicted molar refractivity (Wildman–Crippen MR) is 152 cm³/mol. The number of carbonyl (C=O) groups excluding carboxylic acids is 4. The Morgan fingerprint density at radius 1 is 1.20 bits per heavy atom. The predicted octanol–water partition coefficient (Wildman–Crippen LogP) is -0.184. The topological polar surface area (TPSA) is 203 Å². The number of guanidine groups is 1. The molecule has 1 aromatic rings. The number of halogens is 5. The number of hydrogen-bond donors (Lipinski definition) is 6. The number of imide groups is 1. The summed E-state index contributed by atoms with van der Waals surface area (Å²) in [5.41, 5.74) is -2.49. The third-order valence-electron chi connectivity index (χ3n) is 7.97. The van der Waals surface area contributed by atoms with Crippen LogP contribution in [-0.4, -0.2) is 109 Å². The van der Waals surface area contributed by atoms with Gasteiger partial charge in [-0.05, 0) is 12.1 Å². The number of alkyl halides is 5. The van der Waals surface area contributed by atoms with Crippen LogP contribution in [0.5, 0.6) is 11.5 Å². The highest BCUT2D eigenvalue weighted by atomic mass is 35.6. The summed E-state index contributed by atoms with van der Waals surface area (Å²) in [6.45, 7) is 2.31. The van der Waals surface area contributed by atoms with Crippen molar-refractivity contribution in [3.63, 3.8) is 0 Å². The number of likely N-dealkylation sites (tertiary alicyclic amines) is 1. The number of ether oxygens (including phenoxy) is 3. The summed E-state index contributed by atoms with van der Waals surface area (Å²) in [7, 11) is 0. The fraction of sp³-hybridized carbons (Fsp3) is 0.480. The Bertz CT molecular complexity index is 1560. The highest BCUT2D eigenvalue weighted by molar-refractivity contribution is 6.67. The molecule has 248 valence electrons. The number of fused-ring (bicyclic) bond motifs is 1. The zero-order chi connectivity index (χ0) is 33.4. The lowest BCUT2D eigenvalue weighted by Gasteiger charge is -2.49. The van der Waals surface area contributed by atoms with Crippen LogP contribution in [0, 0.1) is 0 Å². The number of hydrogen-bond acceptors (Lipinski definition) is 13. The lowest BCUT2D eigenvalue weighted by Crippen LogP contribution is -2.78. The number of benzene rings is 1. The van der Waals surface area contributed by atoms with Crippen molar-refractivity contribution in [3.8, 4) is 11.5 Å². The molecule has 1 spiro atoms. The zero-order valence-electron chi connectivity index (χ0n) is 23.2. The van der Waals surface area contributed by atoms with E-state index in [2.05, 4.69) is 42.3 Å². The molecule has 0 radical (unpaired) electrons. The molecule has 6 N–H and O–H groups in total. The van der Waals surface area contributed by atoms with Gasteiger partial charge >= 0.3 is 12.4 Å². The molecule has 21 heteroatoms. The van der Waals surface area contributed by atoms with E-state index in [0.717, 1.165) is 17.0 Å². The molecule has 0 aliphatic carbocycles. The number of nitrogens with zero attached hydrogens (tertiary/aromatic N) is 3. The van der Waals surface area contributed by atoms with Crippen molar-refractivity contribution in [2.24, 2.45) is 4.99 Å². The molecule has 6 rings (SSSR count). The smallest absolute Gasteiger partial charge is 0.445 e. The third-order valence-corrected chi connectivity index (χ3v) is 8.30. The summed E-state index contributed by atoms with van der Waals surface area (Å²) in [5.74, 6) is -6.26. The second kappa shape index (κ2) is 10.9. The maximum Gasteiger partial charge on any atom is 0.586 e. The Balaban J connectivity index is 1.35. The van der Waals surface area contributed by atoms with Crippen molar-refractivity contribution in [2.45, 2.75) is 52.5 Å². The van der Waals surface area contributed by atoms with Gasteiger partial charge in [0.1, 0.15) is 12.6 Å². The summed E-state index contributed by atoms with van der Waals surface area (Å²) in [4.78, 5) is 57.8. The van der Waals surface area contributed by atoms with Gasteiger partial charge in [-0.25, -0.2) is 9.79 Å². The summed E-state index contributed by atoms with van der Waals surface area (Å²) in [5, 5.41) is 34.2. The van der Waals surface area contributed by atoms with Crippen LogP contribution in [0.25, 0.3) is 0 Å². The standard InChI is InChI=1S/C25H24Cl3F2N7O9/c1-10-31-18-12(7-36-15(38)5-6-16(36)39)32-20(34-21(41)44-9-22(26,27)28)37-8-14(24(42,43)23(18,37)35-10)33-19(40)11-3-2-4-13-17(11)46-25(29,30)45-13/h2-4,12,14,18,31,35,42-43H,1,5-9H2,(H,33,40)(H,32,34,41)/t12-,14?,18?,23?/m0/s1. The highest BCUT2D eigenvalue weighted by Crippen LogP contribution is 2.46. The molecule has 16 nitrogen and oxygen atoms in total. The molecule has 3 saturated heterocycles. The number of alkyl carbamates (subject to hydrolysis) is 1. The molecule has 46 heavy (non-hydrogen) atoms. The number of rotatable bonds is 5. The first-order chi connectivity index (χ1) is 21.4. The number of para-hydroxylation sites is 1. The van der Waals surface area contributed by atoms with Crippen LogP contribution in [0.1, 0.15) is 23.2 Å². The summed E-state index contributed by atoms with van der Waals surface area (Å²) >= 11 is 17.0. The maximum absolute atomic E-state index is 13.8. The van der Waals surface area contributed by atoms with E-state index >= 15 is 0 Å². The minimum atomic E-state index is -4.04. The Hall–Kier alpha value is -3.84. The Kier molecular flexibility index (Phi) is 7.59. The van der Waals surface area contributed by atoms with E-state index < -0.39 is 93.7 Å². The normalized spacial score (nSPS) is 28.6. The quantitative estimate of drug-likeness (QED) is 0.134. The van der Waals surface area contributed by atoms with Crippen LogP contribution in [0.4, 0.5) is 13.6 Å². The number of aliphatic imine (C=N–C) groups is 1. The first kappa shape index (κ1) is 32.1. The van der Waals surface area contributed by atoms with Crippen molar-refractivity contribution in [2.75, 3.05) is 19.7 Å². The molecule has 5 aliphatic heterocycles. The van der Waals surface area contributed by atoms with Crippen LogP contribution >= 0.6 is 34.8 Å². The van der Waals surface area contributed by atoms with Gasteiger partial charge in [0, 0.05) is 19.4 Å². The van der Waals surface area contributed by atoms with E-state index in [0.29, 0.717) is 0 Å². The van der Waals surface area contributed by atoms with Gasteiger partial charge in [0.05, 0.1) is 30.0 Å². The number of carbonyl (C=O) groups is 4. The summed E-state index contributed by atoms with van der Waals surface area (Å²) in [6.07, 6.45) is -5.29. The molecule has 1 aromatic carbocycles. The lowest BCUT2D eigenvalue weighted by molar-refractivity contribution is -0.286. The van der Waals surface area contributed by atoms with E-state index in [1.165, 1.54) is 11.0 Å². The molecular weight excluding hydrogens is 687 g/mol. The van der Waals surface area contributed by atoms with Crippen LogP contribution < -0.4 is 30.7 Å². The van der Waals surface area contributed by atoms with E-state index in [9.17, 15) is 38.2 Å². The number of nitrogens with one attached hydrogen (secondary N) is 4. The van der Waals surface area contributed by atoms with Crippen molar-refractivity contribution in [1.82, 2.24) is 31.1 Å². The highest BCUT2D eigenvalue weighted by Gasteiger charge is 2.74. The van der Waals surface area contributed by atoms with E-state index in [1.807, 2.05) is 0 Å². The zero-order valence-corrected chi connectivity index (χ0v) is 25.5. The SMILES string of the molecule is C=C1NC2[C@H](CN3C(=O)CCC3=O)N=C(NC(=O)OCC(Cl)(Cl)Cl)N3CC(NC(=O)c4cccc5c4OC(F)(F)O5)C(O)(O)C23N1. The third kappa shape index (κ3) is 5.36. The van der Waals surface area contributed by atoms with Crippen LogP contribution in [0.3, 0.4) is 0 Å². The van der Waals surface area contributed by atoms with Gasteiger partial charge in [-0.3, -0.25) is 24.6 Å². The fourth-order valence-electron chi connectivity index (χ4n) is 6.10. The molecule has 5 aliphatic rings. The maximum atomic E-state index is 13.8. The number of aliphatic hydroxyl groups is 2. The number of amides is 4. The van der Waals surface area contributed by atoms with E-state index in [-0.39, 0.29) is 31.2 Å². The first-order valence-electron chi connectivity index (χ1n) is 13.5. The average molecular weight is 711 g/mol.